The fraction of sp³-hybridized carbons (Fsp3) is 0.615. The first-order valence-corrected chi connectivity index (χ1v) is 11.9. The van der Waals surface area contributed by atoms with E-state index in [4.69, 9.17) is 0 Å². The van der Waals surface area contributed by atoms with Crippen LogP contribution < -0.4 is 0 Å². The van der Waals surface area contributed by atoms with E-state index in [0.29, 0.717) is 24.8 Å². The Hall–Kier alpha value is -2.17. The maximum absolute atomic E-state index is 14.4. The Morgan fingerprint density at radius 3 is 2.81 bits per heavy atom. The molecular weight excluding hydrogens is 393 g/mol. The number of rotatable bonds is 3. The van der Waals surface area contributed by atoms with E-state index in [-0.39, 0.29) is 41.2 Å². The highest BCUT2D eigenvalue weighted by molar-refractivity contribution is 6.03. The van der Waals surface area contributed by atoms with Crippen LogP contribution in [0, 0.1) is 29.0 Å². The molecule has 5 unspecified atom stereocenters. The van der Waals surface area contributed by atoms with Crippen LogP contribution in [0.1, 0.15) is 68.9 Å². The normalized spacial score (nSPS) is 35.7. The van der Waals surface area contributed by atoms with E-state index < -0.39 is 5.41 Å². The second-order valence-corrected chi connectivity index (χ2v) is 10.2. The third kappa shape index (κ3) is 3.15. The number of carbonyl (C=O) groups excluding carboxylic acids is 2. The van der Waals surface area contributed by atoms with Crippen molar-refractivity contribution in [2.75, 3.05) is 13.1 Å². The molecule has 1 amide bonds. The molecule has 166 valence electrons. The molecule has 5 atom stereocenters. The van der Waals surface area contributed by atoms with Gasteiger partial charge in [-0.2, -0.15) is 0 Å². The highest BCUT2D eigenvalue weighted by atomic mass is 19.1. The van der Waals surface area contributed by atoms with Crippen molar-refractivity contribution in [1.82, 2.24) is 4.90 Å². The van der Waals surface area contributed by atoms with E-state index in [2.05, 4.69) is 13.0 Å². The minimum Gasteiger partial charge on any atom is -0.515 e. The van der Waals surface area contributed by atoms with E-state index in [0.717, 1.165) is 62.6 Å². The average molecular weight is 426 g/mol. The fourth-order valence-electron chi connectivity index (χ4n) is 7.42. The molecule has 0 bridgehead atoms. The van der Waals surface area contributed by atoms with Gasteiger partial charge in [0.2, 0.25) is 5.91 Å². The molecular formula is C26H32FNO3. The first-order chi connectivity index (χ1) is 15.0. The van der Waals surface area contributed by atoms with E-state index >= 15 is 0 Å². The topological polar surface area (TPSA) is 57.6 Å². The molecule has 0 radical (unpaired) electrons. The number of allylic oxidation sites excluding steroid dienone is 1. The summed E-state index contributed by atoms with van der Waals surface area (Å²) in [5.41, 5.74) is 1.96. The van der Waals surface area contributed by atoms with Gasteiger partial charge in [0, 0.05) is 30.5 Å². The number of benzene rings is 1. The van der Waals surface area contributed by atoms with Crippen molar-refractivity contribution in [3.8, 4) is 0 Å². The molecule has 1 aromatic rings. The van der Waals surface area contributed by atoms with E-state index in [9.17, 15) is 19.1 Å². The first-order valence-electron chi connectivity index (χ1n) is 11.9. The quantitative estimate of drug-likeness (QED) is 0.552. The number of halogens is 1. The van der Waals surface area contributed by atoms with Gasteiger partial charge < -0.3 is 10.0 Å². The van der Waals surface area contributed by atoms with Crippen molar-refractivity contribution in [2.24, 2.45) is 23.2 Å². The zero-order valence-electron chi connectivity index (χ0n) is 18.3. The van der Waals surface area contributed by atoms with Gasteiger partial charge in [-0.3, -0.25) is 9.59 Å². The lowest BCUT2D eigenvalue weighted by Crippen LogP contribution is -2.44. The second kappa shape index (κ2) is 7.75. The molecule has 4 aliphatic rings. The Morgan fingerprint density at radius 2 is 2.06 bits per heavy atom. The Bertz CT molecular complexity index is 935. The number of aliphatic hydroxyl groups excluding tert-OH is 1. The predicted molar refractivity (Wildman–Crippen MR) is 116 cm³/mol. The lowest BCUT2D eigenvalue weighted by Gasteiger charge is -2.49. The summed E-state index contributed by atoms with van der Waals surface area (Å²) in [6.07, 6.45) is 7.36. The van der Waals surface area contributed by atoms with Gasteiger partial charge in [0.15, 0.2) is 5.78 Å². The van der Waals surface area contributed by atoms with Gasteiger partial charge in [-0.1, -0.05) is 19.1 Å². The second-order valence-electron chi connectivity index (χ2n) is 10.2. The number of ketones is 1. The zero-order valence-corrected chi connectivity index (χ0v) is 18.3. The maximum atomic E-state index is 14.4. The Labute approximate surface area is 183 Å². The van der Waals surface area contributed by atoms with E-state index in [1.54, 1.807) is 12.1 Å². The van der Waals surface area contributed by atoms with Crippen molar-refractivity contribution in [2.45, 2.75) is 64.2 Å². The molecule has 1 N–H and O–H groups in total. The van der Waals surface area contributed by atoms with Crippen LogP contribution in [0.2, 0.25) is 0 Å². The molecule has 0 spiro atoms. The number of aliphatic hydroxyl groups is 1. The van der Waals surface area contributed by atoms with Crippen molar-refractivity contribution >= 4 is 11.7 Å². The number of Topliss-reactive ketones (excluding diaryl/α,β-unsaturated/α-hetero) is 1. The summed E-state index contributed by atoms with van der Waals surface area (Å²) in [5.74, 6) is 0.634. The number of hydrogen-bond acceptors (Lipinski definition) is 3. The summed E-state index contributed by atoms with van der Waals surface area (Å²) in [7, 11) is 0. The van der Waals surface area contributed by atoms with Crippen LogP contribution in [0.5, 0.6) is 0 Å². The Morgan fingerprint density at radius 1 is 1.29 bits per heavy atom. The van der Waals surface area contributed by atoms with Crippen LogP contribution >= 0.6 is 0 Å². The number of nitrogens with zero attached hydrogens (tertiary/aromatic N) is 1. The fourth-order valence-corrected chi connectivity index (χ4v) is 7.42. The minimum atomic E-state index is -0.498. The summed E-state index contributed by atoms with van der Waals surface area (Å²) in [6, 6.07) is 5.41. The molecule has 31 heavy (non-hydrogen) atoms. The van der Waals surface area contributed by atoms with Crippen LogP contribution in [0.4, 0.5) is 4.39 Å². The SMILES string of the molecule is CC12CCC3c4cccc(F)c4CCC3C1C(CCC(=O)N1CCCC1)/C(=C/O)C2=O. The van der Waals surface area contributed by atoms with Crippen LogP contribution in [-0.4, -0.2) is 34.8 Å². The van der Waals surface area contributed by atoms with Gasteiger partial charge in [0.25, 0.3) is 0 Å². The predicted octanol–water partition coefficient (Wildman–Crippen LogP) is 4.93. The highest BCUT2D eigenvalue weighted by Gasteiger charge is 2.60. The van der Waals surface area contributed by atoms with Gasteiger partial charge >= 0.3 is 0 Å². The van der Waals surface area contributed by atoms with Crippen molar-refractivity contribution < 1.29 is 19.1 Å². The van der Waals surface area contributed by atoms with Gasteiger partial charge in [0.05, 0.1) is 6.26 Å². The van der Waals surface area contributed by atoms with E-state index in [1.165, 1.54) is 0 Å². The standard InChI is InChI=1S/C26H32FNO3/c1-26-12-11-17-16-5-4-6-22(27)18(16)7-8-19(17)24(26)20(21(15-29)25(26)31)9-10-23(30)28-13-2-3-14-28/h4-6,15,17,19-20,24,29H,2-3,7-14H2,1H3/b21-15-. The number of amides is 1. The largest absolute Gasteiger partial charge is 0.515 e. The van der Waals surface area contributed by atoms with Gasteiger partial charge in [-0.05, 0) is 85.8 Å². The van der Waals surface area contributed by atoms with Crippen LogP contribution in [0.25, 0.3) is 0 Å². The van der Waals surface area contributed by atoms with Gasteiger partial charge in [-0.15, -0.1) is 0 Å². The molecule has 2 saturated carbocycles. The van der Waals surface area contributed by atoms with Crippen LogP contribution in [0.3, 0.4) is 0 Å². The molecule has 1 aliphatic heterocycles. The molecule has 0 aromatic heterocycles. The highest BCUT2D eigenvalue weighted by Crippen LogP contribution is 2.63. The minimum absolute atomic E-state index is 0.0575. The lowest BCUT2D eigenvalue weighted by atomic mass is 9.54. The number of likely N-dealkylation sites (tertiary alicyclic amines) is 1. The average Bonchev–Trinajstić information content (AvgIpc) is 3.38. The van der Waals surface area contributed by atoms with Crippen molar-refractivity contribution in [1.29, 1.82) is 0 Å². The Balaban J connectivity index is 1.45. The number of hydrogen-bond donors (Lipinski definition) is 1. The molecule has 3 fully saturated rings. The zero-order chi connectivity index (χ0) is 21.8. The molecule has 5 rings (SSSR count). The molecule has 4 nitrogen and oxygen atoms in total. The van der Waals surface area contributed by atoms with Crippen LogP contribution in [-0.2, 0) is 16.0 Å². The van der Waals surface area contributed by atoms with Crippen molar-refractivity contribution in [3.05, 3.63) is 47.0 Å². The van der Waals surface area contributed by atoms with Crippen LogP contribution in [0.15, 0.2) is 30.0 Å². The lowest BCUT2D eigenvalue weighted by molar-refractivity contribution is -0.130. The smallest absolute Gasteiger partial charge is 0.222 e. The third-order valence-electron chi connectivity index (χ3n) is 8.85. The summed E-state index contributed by atoms with van der Waals surface area (Å²) in [5, 5.41) is 10.0. The number of carbonyl (C=O) groups is 2. The molecule has 1 aromatic carbocycles. The first kappa shape index (κ1) is 20.7. The summed E-state index contributed by atoms with van der Waals surface area (Å²) < 4.78 is 14.4. The van der Waals surface area contributed by atoms with Crippen molar-refractivity contribution in [3.63, 3.8) is 0 Å². The molecule has 5 heteroatoms. The molecule has 3 aliphatic carbocycles. The summed E-state index contributed by atoms with van der Waals surface area (Å²) in [4.78, 5) is 28.0. The van der Waals surface area contributed by atoms with E-state index in [1.807, 2.05) is 4.90 Å². The summed E-state index contributed by atoms with van der Waals surface area (Å²) >= 11 is 0. The number of fused-ring (bicyclic) bond motifs is 5. The molecule has 1 saturated heterocycles. The maximum Gasteiger partial charge on any atom is 0.222 e. The monoisotopic (exact) mass is 425 g/mol. The molecule has 1 heterocycles. The summed E-state index contributed by atoms with van der Waals surface area (Å²) in [6.45, 7) is 3.72. The van der Waals surface area contributed by atoms with Gasteiger partial charge in [-0.25, -0.2) is 4.39 Å². The third-order valence-corrected chi connectivity index (χ3v) is 8.85. The van der Waals surface area contributed by atoms with Gasteiger partial charge in [0.1, 0.15) is 5.82 Å². The Kier molecular flexibility index (Phi) is 5.18.